The molecular formula is C29H30N4O6. The summed E-state index contributed by atoms with van der Waals surface area (Å²) in [6, 6.07) is 22.6. The minimum absolute atomic E-state index is 0.00327. The molecule has 202 valence electrons. The van der Waals surface area contributed by atoms with E-state index in [1.807, 2.05) is 72.8 Å². The second-order valence-electron chi connectivity index (χ2n) is 8.45. The highest BCUT2D eigenvalue weighted by Gasteiger charge is 2.23. The first-order valence-electron chi connectivity index (χ1n) is 12.5. The molecule has 4 aromatic rings. The summed E-state index contributed by atoms with van der Waals surface area (Å²) < 4.78 is 23.6. The summed E-state index contributed by atoms with van der Waals surface area (Å²) in [7, 11) is 1.61. The molecule has 0 atom stereocenters. The smallest absolute Gasteiger partial charge is 0.364 e. The van der Waals surface area contributed by atoms with Crippen LogP contribution < -0.4 is 19.5 Å². The number of amides is 1. The van der Waals surface area contributed by atoms with Gasteiger partial charge in [-0.3, -0.25) is 4.79 Å². The lowest BCUT2D eigenvalue weighted by Gasteiger charge is -2.11. The van der Waals surface area contributed by atoms with Crippen molar-refractivity contribution in [3.63, 3.8) is 0 Å². The standard InChI is InChI=1S/C29H30N4O6/c1-4-37-29(35)27-28(33(32-31-27)19-21-5-11-24(36-3)12-6-21)39-26-15-9-23(10-16-26)22-7-13-25(14-8-22)38-18-17-30-20(2)34/h5-16H,4,17-19H2,1-3H3,(H,30,34). The van der Waals surface area contributed by atoms with Crippen LogP contribution in [0.25, 0.3) is 11.1 Å². The molecule has 10 nitrogen and oxygen atoms in total. The van der Waals surface area contributed by atoms with Gasteiger partial charge in [0, 0.05) is 6.92 Å². The van der Waals surface area contributed by atoms with Crippen molar-refractivity contribution < 1.29 is 28.5 Å². The molecule has 1 heterocycles. The SMILES string of the molecule is CCOC(=O)c1nnn(Cc2ccc(OC)cc2)c1Oc1ccc(-c2ccc(OCCNC(C)=O)cc2)cc1. The lowest BCUT2D eigenvalue weighted by atomic mass is 10.1. The largest absolute Gasteiger partial charge is 0.497 e. The number of hydrogen-bond acceptors (Lipinski definition) is 8. The van der Waals surface area contributed by atoms with Crippen molar-refractivity contribution in [2.45, 2.75) is 20.4 Å². The topological polar surface area (TPSA) is 114 Å². The van der Waals surface area contributed by atoms with E-state index in [4.69, 9.17) is 18.9 Å². The highest BCUT2D eigenvalue weighted by molar-refractivity contribution is 5.89. The number of nitrogens with one attached hydrogen (secondary N) is 1. The Morgan fingerprint density at radius 2 is 1.49 bits per heavy atom. The minimum atomic E-state index is -0.607. The van der Waals surface area contributed by atoms with Gasteiger partial charge in [0.15, 0.2) is 0 Å². The number of benzene rings is 3. The van der Waals surface area contributed by atoms with E-state index in [9.17, 15) is 9.59 Å². The van der Waals surface area contributed by atoms with Crippen molar-refractivity contribution in [3.8, 4) is 34.3 Å². The molecule has 0 fully saturated rings. The van der Waals surface area contributed by atoms with E-state index in [-0.39, 0.29) is 24.1 Å². The third-order valence-electron chi connectivity index (χ3n) is 5.65. The average molecular weight is 531 g/mol. The molecule has 4 rings (SSSR count). The van der Waals surface area contributed by atoms with Gasteiger partial charge in [0.1, 0.15) is 23.9 Å². The Labute approximate surface area is 226 Å². The van der Waals surface area contributed by atoms with Crippen LogP contribution in [-0.4, -0.2) is 53.7 Å². The van der Waals surface area contributed by atoms with Crippen molar-refractivity contribution >= 4 is 11.9 Å². The van der Waals surface area contributed by atoms with Gasteiger partial charge in [0.25, 0.3) is 5.88 Å². The van der Waals surface area contributed by atoms with E-state index in [1.54, 1.807) is 14.0 Å². The summed E-state index contributed by atoms with van der Waals surface area (Å²) >= 11 is 0. The molecule has 0 bridgehead atoms. The molecule has 0 unspecified atom stereocenters. The van der Waals surface area contributed by atoms with E-state index in [2.05, 4.69) is 15.6 Å². The Morgan fingerprint density at radius 3 is 2.08 bits per heavy atom. The molecule has 0 saturated heterocycles. The third-order valence-corrected chi connectivity index (χ3v) is 5.65. The van der Waals surface area contributed by atoms with Crippen molar-refractivity contribution in [3.05, 3.63) is 84.1 Å². The maximum atomic E-state index is 12.5. The second kappa shape index (κ2) is 13.1. The van der Waals surface area contributed by atoms with Crippen LogP contribution >= 0.6 is 0 Å². The average Bonchev–Trinajstić information content (AvgIpc) is 3.34. The Balaban J connectivity index is 1.48. The van der Waals surface area contributed by atoms with Crippen LogP contribution in [0.4, 0.5) is 0 Å². The fraction of sp³-hybridized carbons (Fsp3) is 0.241. The lowest BCUT2D eigenvalue weighted by Crippen LogP contribution is -2.25. The van der Waals surface area contributed by atoms with Crippen molar-refractivity contribution in [1.29, 1.82) is 0 Å². The van der Waals surface area contributed by atoms with Crippen LogP contribution in [0, 0.1) is 0 Å². The van der Waals surface area contributed by atoms with E-state index in [0.29, 0.717) is 31.2 Å². The van der Waals surface area contributed by atoms with E-state index in [1.165, 1.54) is 11.6 Å². The molecule has 0 aliphatic carbocycles. The van der Waals surface area contributed by atoms with Gasteiger partial charge in [-0.15, -0.1) is 5.10 Å². The van der Waals surface area contributed by atoms with Crippen molar-refractivity contribution in [2.75, 3.05) is 26.9 Å². The normalized spacial score (nSPS) is 10.5. The second-order valence-corrected chi connectivity index (χ2v) is 8.45. The number of carbonyl (C=O) groups excluding carboxylic acids is 2. The van der Waals surface area contributed by atoms with E-state index in [0.717, 1.165) is 22.4 Å². The molecule has 10 heteroatoms. The maximum absolute atomic E-state index is 12.5. The molecule has 1 N–H and O–H groups in total. The van der Waals surface area contributed by atoms with Crippen LogP contribution in [-0.2, 0) is 16.1 Å². The Kier molecular flexibility index (Phi) is 9.12. The van der Waals surface area contributed by atoms with Gasteiger partial charge in [-0.1, -0.05) is 41.6 Å². The van der Waals surface area contributed by atoms with Crippen LogP contribution in [0.15, 0.2) is 72.8 Å². The lowest BCUT2D eigenvalue weighted by molar-refractivity contribution is -0.119. The summed E-state index contributed by atoms with van der Waals surface area (Å²) in [6.07, 6.45) is 0. The number of rotatable bonds is 12. The first-order valence-corrected chi connectivity index (χ1v) is 12.5. The Morgan fingerprint density at radius 1 is 0.872 bits per heavy atom. The van der Waals surface area contributed by atoms with Crippen LogP contribution in [0.2, 0.25) is 0 Å². The molecule has 0 radical (unpaired) electrons. The first kappa shape index (κ1) is 27.2. The number of aromatic nitrogens is 3. The highest BCUT2D eigenvalue weighted by atomic mass is 16.5. The zero-order valence-electron chi connectivity index (χ0n) is 22.0. The minimum Gasteiger partial charge on any atom is -0.497 e. The molecule has 1 amide bonds. The predicted molar refractivity (Wildman–Crippen MR) is 144 cm³/mol. The Bertz CT molecular complexity index is 1380. The summed E-state index contributed by atoms with van der Waals surface area (Å²) in [5.74, 6) is 1.47. The maximum Gasteiger partial charge on any atom is 0.364 e. The van der Waals surface area contributed by atoms with Crippen LogP contribution in [0.1, 0.15) is 29.9 Å². The van der Waals surface area contributed by atoms with Gasteiger partial charge in [-0.2, -0.15) is 0 Å². The molecular weight excluding hydrogens is 500 g/mol. The number of ether oxygens (including phenoxy) is 4. The summed E-state index contributed by atoms with van der Waals surface area (Å²) in [6.45, 7) is 4.58. The van der Waals surface area contributed by atoms with Crippen LogP contribution in [0.5, 0.6) is 23.1 Å². The van der Waals surface area contributed by atoms with Crippen LogP contribution in [0.3, 0.4) is 0 Å². The molecule has 0 aliphatic heterocycles. The van der Waals surface area contributed by atoms with Gasteiger partial charge >= 0.3 is 5.97 Å². The van der Waals surface area contributed by atoms with Gasteiger partial charge in [-0.05, 0) is 60.0 Å². The predicted octanol–water partition coefficient (Wildman–Crippen LogP) is 4.49. The first-order chi connectivity index (χ1) is 19.0. The Hall–Kier alpha value is -4.86. The molecule has 39 heavy (non-hydrogen) atoms. The number of esters is 1. The molecule has 0 spiro atoms. The third kappa shape index (κ3) is 7.35. The monoisotopic (exact) mass is 530 g/mol. The van der Waals surface area contributed by atoms with Crippen molar-refractivity contribution in [1.82, 2.24) is 20.3 Å². The number of methoxy groups -OCH3 is 1. The zero-order chi connectivity index (χ0) is 27.6. The van der Waals surface area contributed by atoms with Gasteiger partial charge in [-0.25, -0.2) is 9.48 Å². The zero-order valence-corrected chi connectivity index (χ0v) is 22.0. The van der Waals surface area contributed by atoms with E-state index < -0.39 is 5.97 Å². The fourth-order valence-corrected chi connectivity index (χ4v) is 3.71. The molecule has 1 aromatic heterocycles. The summed E-state index contributed by atoms with van der Waals surface area (Å²) in [5.41, 5.74) is 2.90. The number of nitrogens with zero attached hydrogens (tertiary/aromatic N) is 3. The van der Waals surface area contributed by atoms with Crippen molar-refractivity contribution in [2.24, 2.45) is 0 Å². The van der Waals surface area contributed by atoms with Gasteiger partial charge < -0.3 is 24.3 Å². The summed E-state index contributed by atoms with van der Waals surface area (Å²) in [5, 5.41) is 10.9. The quantitative estimate of drug-likeness (QED) is 0.211. The number of hydrogen-bond donors (Lipinski definition) is 1. The van der Waals surface area contributed by atoms with Gasteiger partial charge in [0.05, 0.1) is 26.8 Å². The highest BCUT2D eigenvalue weighted by Crippen LogP contribution is 2.29. The number of carbonyl (C=O) groups is 2. The molecule has 0 saturated carbocycles. The van der Waals surface area contributed by atoms with Gasteiger partial charge in [0.2, 0.25) is 11.6 Å². The van der Waals surface area contributed by atoms with E-state index >= 15 is 0 Å². The molecule has 0 aliphatic rings. The fourth-order valence-electron chi connectivity index (χ4n) is 3.71. The summed E-state index contributed by atoms with van der Waals surface area (Å²) in [4.78, 5) is 23.5. The molecule has 3 aromatic carbocycles.